The predicted molar refractivity (Wildman–Crippen MR) is 195 cm³/mol. The van der Waals surface area contributed by atoms with Crippen molar-refractivity contribution < 1.29 is 44.7 Å². The van der Waals surface area contributed by atoms with E-state index in [9.17, 15) is 35.6 Å². The summed E-state index contributed by atoms with van der Waals surface area (Å²) in [5, 5.41) is 10.1. The molecular formula is C35H39ClF5N9O5S. The summed E-state index contributed by atoms with van der Waals surface area (Å²) in [6.45, 7) is 4.93. The molecule has 4 aromatic rings. The number of alkyl carbamates (subject to hydrolysis) is 1. The Morgan fingerprint density at radius 1 is 1.09 bits per heavy atom. The van der Waals surface area contributed by atoms with E-state index in [0.29, 0.717) is 4.09 Å². The summed E-state index contributed by atoms with van der Waals surface area (Å²) < 4.78 is 99.7. The maximum Gasteiger partial charge on any atom is 0.407 e. The zero-order chi connectivity index (χ0) is 41.2. The molecule has 2 aromatic heterocycles. The molecule has 2 aromatic carbocycles. The van der Waals surface area contributed by atoms with Gasteiger partial charge in [-0.3, -0.25) is 9.69 Å². The van der Waals surface area contributed by atoms with Gasteiger partial charge in [-0.25, -0.2) is 49.8 Å². The van der Waals surface area contributed by atoms with E-state index in [0.717, 1.165) is 34.4 Å². The lowest BCUT2D eigenvalue weighted by Crippen LogP contribution is -2.47. The molecule has 0 bridgehead atoms. The zero-order valence-corrected chi connectivity index (χ0v) is 32.2. The standard InChI is InChI=1S/C35H39ClF5N9O5S/c1-34(2,3)18-35(22-9-10-23(25(37)14-22)21-15-45-48(16-21)56(4,53)54)31(51)49(32(42)47-35)27(17-55-33(52)43-12-6-5-7-28(38)39)20-8-11-24(36)26(13-20)50-30(29(40)41)44-19-46-50/h8-11,13-16,19,27-29H,5-7,12,17-18H2,1-4H3,(H2,42,47)(H,43,52)/t27-,35-/m1/s1. The number of hydrogen-bond acceptors (Lipinski definition) is 10. The Labute approximate surface area is 323 Å². The largest absolute Gasteiger partial charge is 0.447 e. The third-order valence-corrected chi connectivity index (χ3v) is 9.92. The number of alkyl halides is 4. The van der Waals surface area contributed by atoms with E-state index in [-0.39, 0.29) is 71.2 Å². The van der Waals surface area contributed by atoms with Crippen LogP contribution in [0.3, 0.4) is 0 Å². The number of hydrogen-bond donors (Lipinski definition) is 2. The van der Waals surface area contributed by atoms with Crippen LogP contribution in [0.4, 0.5) is 26.7 Å². The molecule has 2 atom stereocenters. The van der Waals surface area contributed by atoms with Gasteiger partial charge >= 0.3 is 6.09 Å². The number of nitrogens with zero attached hydrogens (tertiary/aromatic N) is 7. The second-order valence-electron chi connectivity index (χ2n) is 14.3. The Hall–Kier alpha value is -5.11. The molecule has 0 saturated carbocycles. The number of aromatic nitrogens is 5. The maximum atomic E-state index is 16.0. The van der Waals surface area contributed by atoms with Gasteiger partial charge in [-0.2, -0.15) is 14.3 Å². The highest BCUT2D eigenvalue weighted by Crippen LogP contribution is 2.46. The number of nitrogens with one attached hydrogen (secondary N) is 1. The van der Waals surface area contributed by atoms with Crippen molar-refractivity contribution in [1.29, 1.82) is 0 Å². The highest BCUT2D eigenvalue weighted by molar-refractivity contribution is 7.89. The molecule has 14 nitrogen and oxygen atoms in total. The third-order valence-electron chi connectivity index (χ3n) is 8.72. The summed E-state index contributed by atoms with van der Waals surface area (Å²) in [6.07, 6.45) is -2.27. The molecule has 0 aliphatic carbocycles. The Bertz CT molecular complexity index is 2230. The minimum Gasteiger partial charge on any atom is -0.447 e. The number of benzene rings is 2. The Morgan fingerprint density at radius 3 is 2.45 bits per heavy atom. The molecule has 0 radical (unpaired) electrons. The van der Waals surface area contributed by atoms with Crippen molar-refractivity contribution in [2.75, 3.05) is 19.4 Å². The molecule has 302 valence electrons. The Balaban J connectivity index is 1.55. The number of ether oxygens (including phenoxy) is 1. The lowest BCUT2D eigenvalue weighted by molar-refractivity contribution is -0.135. The minimum atomic E-state index is -3.76. The van der Waals surface area contributed by atoms with Gasteiger partial charge in [0.1, 0.15) is 18.8 Å². The van der Waals surface area contributed by atoms with Crippen molar-refractivity contribution in [3.8, 4) is 16.8 Å². The van der Waals surface area contributed by atoms with E-state index in [1.807, 2.05) is 20.8 Å². The molecule has 3 heterocycles. The first-order valence-electron chi connectivity index (χ1n) is 17.1. The number of rotatable bonds is 15. The highest BCUT2D eigenvalue weighted by atomic mass is 35.5. The first-order valence-corrected chi connectivity index (χ1v) is 19.4. The topological polar surface area (TPSA) is 180 Å². The van der Waals surface area contributed by atoms with Crippen LogP contribution in [0.15, 0.2) is 60.1 Å². The van der Waals surface area contributed by atoms with Crippen LogP contribution in [0, 0.1) is 11.2 Å². The molecule has 3 N–H and O–H groups in total. The van der Waals surface area contributed by atoms with Gasteiger partial charge in [0.05, 0.1) is 35.4 Å². The van der Waals surface area contributed by atoms with E-state index in [1.54, 1.807) is 0 Å². The Kier molecular flexibility index (Phi) is 12.4. The average Bonchev–Trinajstić information content (AvgIpc) is 3.84. The molecule has 1 aliphatic rings. The number of amides is 2. The van der Waals surface area contributed by atoms with Crippen LogP contribution in [-0.4, -0.2) is 81.1 Å². The van der Waals surface area contributed by atoms with Crippen molar-refractivity contribution in [3.05, 3.63) is 82.9 Å². The van der Waals surface area contributed by atoms with Crippen molar-refractivity contribution >= 4 is 39.6 Å². The molecule has 5 rings (SSSR count). The van der Waals surface area contributed by atoms with Crippen LogP contribution < -0.4 is 11.1 Å². The number of halogens is 6. The highest BCUT2D eigenvalue weighted by Gasteiger charge is 2.53. The fourth-order valence-corrected chi connectivity index (χ4v) is 7.05. The molecule has 0 saturated heterocycles. The van der Waals surface area contributed by atoms with Gasteiger partial charge in [-0.1, -0.05) is 50.6 Å². The summed E-state index contributed by atoms with van der Waals surface area (Å²) in [6, 6.07) is 6.79. The number of guanidine groups is 1. The summed E-state index contributed by atoms with van der Waals surface area (Å²) in [5.74, 6) is -2.63. The van der Waals surface area contributed by atoms with Crippen LogP contribution in [0.25, 0.3) is 16.8 Å². The third kappa shape index (κ3) is 9.29. The van der Waals surface area contributed by atoms with Gasteiger partial charge < -0.3 is 15.8 Å². The van der Waals surface area contributed by atoms with Crippen LogP contribution in [0.2, 0.25) is 5.02 Å². The molecule has 0 spiro atoms. The molecule has 0 unspecified atom stereocenters. The average molecular weight is 828 g/mol. The van der Waals surface area contributed by atoms with Crippen LogP contribution in [0.5, 0.6) is 0 Å². The first-order chi connectivity index (χ1) is 26.2. The molecule has 0 fully saturated rings. The van der Waals surface area contributed by atoms with Crippen molar-refractivity contribution in [3.63, 3.8) is 0 Å². The summed E-state index contributed by atoms with van der Waals surface area (Å²) in [7, 11) is -3.76. The maximum absolute atomic E-state index is 16.0. The van der Waals surface area contributed by atoms with E-state index in [1.165, 1.54) is 36.5 Å². The molecule has 1 aliphatic heterocycles. The monoisotopic (exact) mass is 827 g/mol. The SMILES string of the molecule is CC(C)(C)C[C@]1(c2ccc(-c3cnn(S(C)(=O)=O)c3)c(F)c2)N=C(N)N([C@H](COC(=O)NCCCCC(F)F)c2ccc(Cl)c(-n3ncnc3C(F)F)c2)C1=O. The van der Waals surface area contributed by atoms with Crippen LogP contribution in [-0.2, 0) is 25.1 Å². The summed E-state index contributed by atoms with van der Waals surface area (Å²) >= 11 is 6.43. The molecule has 56 heavy (non-hydrogen) atoms. The summed E-state index contributed by atoms with van der Waals surface area (Å²) in [4.78, 5) is 37.1. The van der Waals surface area contributed by atoms with E-state index in [2.05, 4.69) is 25.5 Å². The van der Waals surface area contributed by atoms with Crippen LogP contribution in [0.1, 0.15) is 75.9 Å². The molecule has 21 heteroatoms. The Morgan fingerprint density at radius 2 is 1.82 bits per heavy atom. The van der Waals surface area contributed by atoms with Gasteiger partial charge in [0.2, 0.25) is 6.43 Å². The van der Waals surface area contributed by atoms with Gasteiger partial charge in [0, 0.05) is 24.1 Å². The second kappa shape index (κ2) is 16.5. The number of carbonyl (C=O) groups is 2. The van der Waals surface area contributed by atoms with Gasteiger partial charge in [0.15, 0.2) is 17.3 Å². The lowest BCUT2D eigenvalue weighted by Gasteiger charge is -2.35. The molecular weight excluding hydrogens is 789 g/mol. The van der Waals surface area contributed by atoms with Gasteiger partial charge in [-0.05, 0) is 54.0 Å². The fraction of sp³-hybridized carbons (Fsp3) is 0.429. The number of carbonyl (C=O) groups excluding carboxylic acids is 2. The van der Waals surface area contributed by atoms with Crippen molar-refractivity contribution in [2.24, 2.45) is 16.1 Å². The van der Waals surface area contributed by atoms with Crippen LogP contribution >= 0.6 is 11.6 Å². The summed E-state index contributed by atoms with van der Waals surface area (Å²) in [5.41, 5.74) is 4.44. The first kappa shape index (κ1) is 42.0. The quantitative estimate of drug-likeness (QED) is 0.102. The lowest BCUT2D eigenvalue weighted by atomic mass is 9.75. The zero-order valence-electron chi connectivity index (χ0n) is 30.6. The van der Waals surface area contributed by atoms with E-state index in [4.69, 9.17) is 22.1 Å². The normalized spacial score (nSPS) is 16.8. The van der Waals surface area contributed by atoms with Gasteiger partial charge in [-0.15, -0.1) is 0 Å². The fourth-order valence-electron chi connectivity index (χ4n) is 6.33. The van der Waals surface area contributed by atoms with Gasteiger partial charge in [0.25, 0.3) is 22.4 Å². The smallest absolute Gasteiger partial charge is 0.407 e. The molecule has 2 amide bonds. The number of nitrogens with two attached hydrogens (primary N) is 1. The van der Waals surface area contributed by atoms with Crippen molar-refractivity contribution in [1.82, 2.24) is 34.2 Å². The number of unbranched alkanes of at least 4 members (excludes halogenated alkanes) is 1. The van der Waals surface area contributed by atoms with E-state index >= 15 is 4.39 Å². The van der Waals surface area contributed by atoms with Crippen molar-refractivity contribution in [2.45, 2.75) is 70.9 Å². The minimum absolute atomic E-state index is 0.00388. The number of aliphatic imine (C=N–C) groups is 1. The second-order valence-corrected chi connectivity index (χ2v) is 16.5. The van der Waals surface area contributed by atoms with E-state index < -0.39 is 70.1 Å². The predicted octanol–water partition coefficient (Wildman–Crippen LogP) is 6.36.